The lowest BCUT2D eigenvalue weighted by atomic mass is 10.0. The summed E-state index contributed by atoms with van der Waals surface area (Å²) in [6.45, 7) is 6.30. The molecule has 0 N–H and O–H groups in total. The van der Waals surface area contributed by atoms with Gasteiger partial charge in [-0.05, 0) is 43.2 Å². The van der Waals surface area contributed by atoms with Crippen LogP contribution < -0.4 is 10.0 Å². The molecule has 2 heterocycles. The molecule has 3 nitrogen and oxygen atoms in total. The first kappa shape index (κ1) is 22.7. The Balaban J connectivity index is 1.15. The zero-order valence-corrected chi connectivity index (χ0v) is 21.6. The molecule has 1 saturated carbocycles. The highest BCUT2D eigenvalue weighted by molar-refractivity contribution is 8.04. The van der Waals surface area contributed by atoms with E-state index in [4.69, 9.17) is 0 Å². The summed E-state index contributed by atoms with van der Waals surface area (Å²) in [4.78, 5) is 6.08. The van der Waals surface area contributed by atoms with E-state index >= 15 is 0 Å². The maximum atomic E-state index is 11.8. The number of nitrogens with zero attached hydrogens (tertiary/aromatic N) is 2. The van der Waals surface area contributed by atoms with E-state index in [1.54, 1.807) is 12.1 Å². The number of hydrogen-bond acceptors (Lipinski definition) is 5. The standard InChI is InChI=1S/C30H30N2OS2/c1-3-31-25-20-23(33)15-16-26(25)34-27(31)11-8-12-28-32(4-2)30-18-17-22(19-24(30)29(30)35-28)14-13-21-9-6-5-7-10-21/h5-20,24,27,29,33H,3-4H2,1-2H3/p-1/b11-8+,14-13+,28-12+. The van der Waals surface area contributed by atoms with Gasteiger partial charge in [-0.25, -0.2) is 0 Å². The summed E-state index contributed by atoms with van der Waals surface area (Å²) in [6, 6.07) is 15.9. The number of hydrogen-bond donors (Lipinski definition) is 0. The minimum absolute atomic E-state index is 0.0804. The van der Waals surface area contributed by atoms with Crippen LogP contribution in [0.15, 0.2) is 107 Å². The largest absolute Gasteiger partial charge is 0.872 e. The Bertz CT molecular complexity index is 1280. The van der Waals surface area contributed by atoms with Gasteiger partial charge >= 0.3 is 0 Å². The number of likely N-dealkylation sites (N-methyl/N-ethyl adjacent to an activating group) is 2. The van der Waals surface area contributed by atoms with Crippen molar-refractivity contribution in [3.8, 4) is 5.75 Å². The Hall–Kier alpha value is -2.76. The zero-order chi connectivity index (χ0) is 24.0. The van der Waals surface area contributed by atoms with Crippen molar-refractivity contribution in [1.82, 2.24) is 4.90 Å². The van der Waals surface area contributed by atoms with Crippen LogP contribution >= 0.6 is 23.5 Å². The van der Waals surface area contributed by atoms with E-state index in [9.17, 15) is 5.11 Å². The highest BCUT2D eigenvalue weighted by Gasteiger charge is 2.71. The summed E-state index contributed by atoms with van der Waals surface area (Å²) in [6.07, 6.45) is 18.4. The molecular formula is C30H29N2OS2-. The first-order chi connectivity index (χ1) is 17.1. The average Bonchev–Trinajstić information content (AvgIpc) is 3.19. The van der Waals surface area contributed by atoms with Gasteiger partial charge in [0.05, 0.1) is 21.6 Å². The predicted molar refractivity (Wildman–Crippen MR) is 148 cm³/mol. The monoisotopic (exact) mass is 497 g/mol. The Labute approximate surface area is 216 Å². The van der Waals surface area contributed by atoms with Crippen LogP contribution in [0, 0.1) is 5.92 Å². The highest BCUT2D eigenvalue weighted by Crippen LogP contribution is 2.68. The molecule has 35 heavy (non-hydrogen) atoms. The smallest absolute Gasteiger partial charge is 0.0985 e. The Morgan fingerprint density at radius 1 is 1.03 bits per heavy atom. The normalized spacial score (nSPS) is 29.7. The van der Waals surface area contributed by atoms with Crippen LogP contribution in [-0.2, 0) is 0 Å². The molecule has 0 radical (unpaired) electrons. The third-order valence-electron chi connectivity index (χ3n) is 7.34. The van der Waals surface area contributed by atoms with E-state index in [2.05, 4.69) is 103 Å². The van der Waals surface area contributed by atoms with Gasteiger partial charge in [0, 0.05) is 29.2 Å². The number of fused-ring (bicyclic) bond motifs is 2. The summed E-state index contributed by atoms with van der Waals surface area (Å²) < 4.78 is 0. The number of anilines is 1. The SMILES string of the molecule is CCN1c2cc([O-])ccc2SC1/C=C/C=C1/SC2C3C=C(/C=C/c4ccccc4)C=CC32N1CC. The lowest BCUT2D eigenvalue weighted by Gasteiger charge is -2.30. The Morgan fingerprint density at radius 3 is 2.69 bits per heavy atom. The molecule has 4 atom stereocenters. The molecule has 1 saturated heterocycles. The second kappa shape index (κ2) is 9.03. The lowest BCUT2D eigenvalue weighted by Crippen LogP contribution is -2.34. The molecule has 2 aliphatic carbocycles. The second-order valence-electron chi connectivity index (χ2n) is 9.25. The van der Waals surface area contributed by atoms with Gasteiger partial charge in [0.25, 0.3) is 0 Å². The summed E-state index contributed by atoms with van der Waals surface area (Å²) in [5.41, 5.74) is 3.75. The van der Waals surface area contributed by atoms with E-state index < -0.39 is 0 Å². The third kappa shape index (κ3) is 3.85. The van der Waals surface area contributed by atoms with Crippen molar-refractivity contribution in [2.45, 2.75) is 34.9 Å². The summed E-state index contributed by atoms with van der Waals surface area (Å²) in [7, 11) is 0. The van der Waals surface area contributed by atoms with Crippen molar-refractivity contribution >= 4 is 35.3 Å². The Morgan fingerprint density at radius 2 is 1.89 bits per heavy atom. The van der Waals surface area contributed by atoms with Crippen LogP contribution in [-0.4, -0.2) is 34.2 Å². The minimum atomic E-state index is 0.0804. The van der Waals surface area contributed by atoms with E-state index in [0.717, 1.165) is 18.8 Å². The highest BCUT2D eigenvalue weighted by atomic mass is 32.2. The minimum Gasteiger partial charge on any atom is -0.872 e. The van der Waals surface area contributed by atoms with Gasteiger partial charge in [0.2, 0.25) is 0 Å². The van der Waals surface area contributed by atoms with Gasteiger partial charge < -0.3 is 14.9 Å². The topological polar surface area (TPSA) is 29.5 Å². The third-order valence-corrected chi connectivity index (χ3v) is 10.1. The van der Waals surface area contributed by atoms with Gasteiger partial charge in [-0.2, -0.15) is 0 Å². The Kier molecular flexibility index (Phi) is 5.85. The van der Waals surface area contributed by atoms with Gasteiger partial charge in [-0.1, -0.05) is 90.7 Å². The predicted octanol–water partition coefficient (Wildman–Crippen LogP) is 6.43. The molecule has 0 aromatic heterocycles. The molecule has 2 aromatic rings. The number of benzene rings is 2. The van der Waals surface area contributed by atoms with Crippen LogP contribution in [0.25, 0.3) is 6.08 Å². The molecule has 6 rings (SSSR count). The van der Waals surface area contributed by atoms with Crippen LogP contribution in [0.3, 0.4) is 0 Å². The summed E-state index contributed by atoms with van der Waals surface area (Å²) >= 11 is 3.84. The fourth-order valence-electron chi connectivity index (χ4n) is 5.59. The molecule has 4 aliphatic rings. The molecule has 0 amide bonds. The molecule has 1 spiro atoms. The first-order valence-corrected chi connectivity index (χ1v) is 14.1. The molecule has 178 valence electrons. The molecule has 0 bridgehead atoms. The van der Waals surface area contributed by atoms with Crippen LogP contribution in [0.2, 0.25) is 0 Å². The maximum Gasteiger partial charge on any atom is 0.0985 e. The zero-order valence-electron chi connectivity index (χ0n) is 20.0. The van der Waals surface area contributed by atoms with Crippen molar-refractivity contribution in [3.63, 3.8) is 0 Å². The van der Waals surface area contributed by atoms with Crippen molar-refractivity contribution in [1.29, 1.82) is 0 Å². The van der Waals surface area contributed by atoms with Crippen LogP contribution in [0.4, 0.5) is 5.69 Å². The molecule has 5 heteroatoms. The van der Waals surface area contributed by atoms with Crippen molar-refractivity contribution < 1.29 is 5.11 Å². The van der Waals surface area contributed by atoms with E-state index in [0.29, 0.717) is 11.2 Å². The number of thioether (sulfide) groups is 2. The number of allylic oxidation sites excluding steroid dienone is 5. The van der Waals surface area contributed by atoms with Crippen LogP contribution in [0.5, 0.6) is 5.75 Å². The summed E-state index contributed by atoms with van der Waals surface area (Å²) in [5, 5.41) is 14.0. The van der Waals surface area contributed by atoms with Crippen molar-refractivity contribution in [2.24, 2.45) is 5.92 Å². The van der Waals surface area contributed by atoms with Crippen molar-refractivity contribution in [2.75, 3.05) is 18.0 Å². The lowest BCUT2D eigenvalue weighted by molar-refractivity contribution is -0.268. The fourth-order valence-corrected chi connectivity index (χ4v) is 8.60. The van der Waals surface area contributed by atoms with Crippen molar-refractivity contribution in [3.05, 3.63) is 107 Å². The first-order valence-electron chi connectivity index (χ1n) is 12.4. The van der Waals surface area contributed by atoms with Gasteiger partial charge in [-0.3, -0.25) is 0 Å². The molecular weight excluding hydrogens is 468 g/mol. The van der Waals surface area contributed by atoms with E-state index in [1.807, 2.05) is 29.6 Å². The quantitative estimate of drug-likeness (QED) is 0.459. The van der Waals surface area contributed by atoms with Gasteiger partial charge in [0.1, 0.15) is 0 Å². The fraction of sp³-hybridized carbons (Fsp3) is 0.267. The molecule has 2 fully saturated rings. The average molecular weight is 498 g/mol. The van der Waals surface area contributed by atoms with E-state index in [-0.39, 0.29) is 16.7 Å². The summed E-state index contributed by atoms with van der Waals surface area (Å²) in [5.74, 6) is 0.655. The van der Waals surface area contributed by atoms with Gasteiger partial charge in [-0.15, -0.1) is 17.5 Å². The van der Waals surface area contributed by atoms with Crippen LogP contribution in [0.1, 0.15) is 19.4 Å². The molecule has 2 aromatic carbocycles. The molecule has 4 unspecified atom stereocenters. The van der Waals surface area contributed by atoms with Gasteiger partial charge in [0.15, 0.2) is 0 Å². The number of rotatable bonds is 6. The second-order valence-corrected chi connectivity index (χ2v) is 11.6. The maximum absolute atomic E-state index is 11.8. The van der Waals surface area contributed by atoms with E-state index in [1.165, 1.54) is 21.1 Å². The molecule has 2 aliphatic heterocycles.